The van der Waals surface area contributed by atoms with Crippen LogP contribution in [0.15, 0.2) is 30.5 Å². The number of carbonyl (C=O) groups is 1. The highest BCUT2D eigenvalue weighted by Crippen LogP contribution is 2.24. The van der Waals surface area contributed by atoms with Crippen molar-refractivity contribution in [3.05, 3.63) is 41.6 Å². The second kappa shape index (κ2) is 15.0. The maximum Gasteiger partial charge on any atom is 0.322 e. The van der Waals surface area contributed by atoms with Gasteiger partial charge in [-0.3, -0.25) is 4.79 Å². The fourth-order valence-electron chi connectivity index (χ4n) is 5.05. The summed E-state index contributed by atoms with van der Waals surface area (Å²) in [4.78, 5) is 24.1. The van der Waals surface area contributed by atoms with Gasteiger partial charge in [-0.1, -0.05) is 71.4 Å². The first kappa shape index (κ1) is 29.8. The molecule has 0 atom stereocenters. The Hall–Kier alpha value is -3.20. The maximum atomic E-state index is 12.3. The Morgan fingerprint density at radius 2 is 1.73 bits per heavy atom. The second-order valence-corrected chi connectivity index (χ2v) is 11.4. The molecular formula is C31H47N7O2. The molecule has 0 radical (unpaired) electrons. The topological polar surface area (TPSA) is 96.7 Å². The number of unbranched alkanes of at least 4 members (excludes halogenated alkanes) is 6. The number of nitrogens with zero attached hydrogens (tertiary/aromatic N) is 5. The molecule has 2 aromatic heterocycles. The number of aromatic nitrogens is 4. The summed E-state index contributed by atoms with van der Waals surface area (Å²) in [6.45, 7) is 9.09. The van der Waals surface area contributed by atoms with Crippen LogP contribution >= 0.6 is 0 Å². The van der Waals surface area contributed by atoms with Gasteiger partial charge in [-0.2, -0.15) is 19.6 Å². The van der Waals surface area contributed by atoms with E-state index in [9.17, 15) is 4.79 Å². The van der Waals surface area contributed by atoms with Gasteiger partial charge in [0.25, 0.3) is 0 Å². The molecule has 1 amide bonds. The van der Waals surface area contributed by atoms with Crippen LogP contribution in [0.1, 0.15) is 102 Å². The highest BCUT2D eigenvalue weighted by Gasteiger charge is 2.21. The molecule has 0 bridgehead atoms. The summed E-state index contributed by atoms with van der Waals surface area (Å²) in [6.07, 6.45) is 12.9. The van der Waals surface area contributed by atoms with Gasteiger partial charge in [-0.05, 0) is 49.9 Å². The summed E-state index contributed by atoms with van der Waals surface area (Å²) in [5, 5.41) is 11.0. The predicted molar refractivity (Wildman–Crippen MR) is 161 cm³/mol. The number of hydrogen-bond donors (Lipinski definition) is 2. The first-order chi connectivity index (χ1) is 19.4. The van der Waals surface area contributed by atoms with Crippen LogP contribution < -0.4 is 15.4 Å². The number of anilines is 2. The van der Waals surface area contributed by atoms with E-state index in [1.54, 1.807) is 4.52 Å². The van der Waals surface area contributed by atoms with Crippen LogP contribution in [0, 0.1) is 0 Å². The Bertz CT molecular complexity index is 1200. The Morgan fingerprint density at radius 1 is 1.02 bits per heavy atom. The van der Waals surface area contributed by atoms with Crippen LogP contribution in [0.4, 0.5) is 11.6 Å². The lowest BCUT2D eigenvalue weighted by molar-refractivity contribution is -0.116. The maximum absolute atomic E-state index is 12.3. The molecule has 0 unspecified atom stereocenters. The monoisotopic (exact) mass is 549 g/mol. The number of likely N-dealkylation sites (tertiary alicyclic amines) is 1. The van der Waals surface area contributed by atoms with Gasteiger partial charge in [0.05, 0.1) is 6.20 Å². The second-order valence-electron chi connectivity index (χ2n) is 11.4. The van der Waals surface area contributed by atoms with Crippen LogP contribution in [0.2, 0.25) is 0 Å². The number of carbonyl (C=O) groups excluding carboxylic acids is 1. The summed E-state index contributed by atoms with van der Waals surface area (Å²) < 4.78 is 8.01. The van der Waals surface area contributed by atoms with Gasteiger partial charge < -0.3 is 20.3 Å². The molecule has 1 aliphatic rings. The zero-order valence-corrected chi connectivity index (χ0v) is 24.8. The van der Waals surface area contributed by atoms with Crippen molar-refractivity contribution in [2.75, 3.05) is 30.8 Å². The molecule has 9 heteroatoms. The van der Waals surface area contributed by atoms with Gasteiger partial charge in [0.2, 0.25) is 11.9 Å². The minimum Gasteiger partial charge on any atom is -0.460 e. The molecule has 0 aliphatic carbocycles. The third kappa shape index (κ3) is 8.65. The van der Waals surface area contributed by atoms with Crippen LogP contribution in [0.25, 0.3) is 5.65 Å². The average Bonchev–Trinajstić information content (AvgIpc) is 3.38. The molecular weight excluding hydrogens is 502 g/mol. The van der Waals surface area contributed by atoms with Crippen molar-refractivity contribution >= 4 is 23.2 Å². The smallest absolute Gasteiger partial charge is 0.322 e. The first-order valence-corrected chi connectivity index (χ1v) is 15.2. The van der Waals surface area contributed by atoms with Crippen LogP contribution in [-0.4, -0.2) is 56.6 Å². The molecule has 3 heterocycles. The van der Waals surface area contributed by atoms with E-state index in [1.165, 1.54) is 32.1 Å². The quantitative estimate of drug-likeness (QED) is 0.211. The Kier molecular flexibility index (Phi) is 11.1. The molecule has 4 rings (SSSR count). The van der Waals surface area contributed by atoms with Crippen molar-refractivity contribution in [1.29, 1.82) is 0 Å². The summed E-state index contributed by atoms with van der Waals surface area (Å²) in [5.41, 5.74) is 3.74. The third-order valence-electron chi connectivity index (χ3n) is 7.63. The molecule has 0 spiro atoms. The molecule has 40 heavy (non-hydrogen) atoms. The minimum atomic E-state index is 0.0830. The normalized spacial score (nSPS) is 14.6. The fourth-order valence-corrected chi connectivity index (χ4v) is 5.05. The SMILES string of the molecule is CCCCCCCCCC(=O)Nc1ccc(CNc2nc(OC3CCN(C)CC3)nc3c(C(C)C)cnn23)cc1. The number of rotatable bonds is 15. The van der Waals surface area contributed by atoms with E-state index in [0.29, 0.717) is 24.9 Å². The van der Waals surface area contributed by atoms with E-state index in [4.69, 9.17) is 14.7 Å². The largest absolute Gasteiger partial charge is 0.460 e. The zero-order valence-electron chi connectivity index (χ0n) is 24.8. The number of piperidine rings is 1. The number of benzene rings is 1. The summed E-state index contributed by atoms with van der Waals surface area (Å²) in [6, 6.07) is 8.34. The van der Waals surface area contributed by atoms with Crippen molar-refractivity contribution in [1.82, 2.24) is 24.5 Å². The number of ether oxygens (including phenoxy) is 1. The van der Waals surface area contributed by atoms with Gasteiger partial charge >= 0.3 is 6.01 Å². The highest BCUT2D eigenvalue weighted by atomic mass is 16.5. The third-order valence-corrected chi connectivity index (χ3v) is 7.63. The molecule has 1 aromatic carbocycles. The number of hydrogen-bond acceptors (Lipinski definition) is 7. The van der Waals surface area contributed by atoms with E-state index >= 15 is 0 Å². The van der Waals surface area contributed by atoms with Gasteiger partial charge in [-0.25, -0.2) is 0 Å². The Morgan fingerprint density at radius 3 is 2.42 bits per heavy atom. The lowest BCUT2D eigenvalue weighted by Gasteiger charge is -2.28. The van der Waals surface area contributed by atoms with Gasteiger partial charge in [0.15, 0.2) is 5.65 Å². The van der Waals surface area contributed by atoms with E-state index < -0.39 is 0 Å². The van der Waals surface area contributed by atoms with Crippen molar-refractivity contribution in [3.63, 3.8) is 0 Å². The van der Waals surface area contributed by atoms with Crippen LogP contribution in [0.5, 0.6) is 6.01 Å². The van der Waals surface area contributed by atoms with Crippen molar-refractivity contribution in [2.45, 2.75) is 104 Å². The zero-order chi connectivity index (χ0) is 28.3. The molecule has 2 N–H and O–H groups in total. The van der Waals surface area contributed by atoms with Gasteiger partial charge in [0, 0.05) is 37.3 Å². The van der Waals surface area contributed by atoms with E-state index in [2.05, 4.69) is 48.5 Å². The molecule has 1 aliphatic heterocycles. The van der Waals surface area contributed by atoms with Crippen molar-refractivity contribution in [2.24, 2.45) is 0 Å². The lowest BCUT2D eigenvalue weighted by Crippen LogP contribution is -2.36. The summed E-state index contributed by atoms with van der Waals surface area (Å²) >= 11 is 0. The summed E-state index contributed by atoms with van der Waals surface area (Å²) in [5.74, 6) is 0.969. The Labute approximate surface area is 239 Å². The highest BCUT2D eigenvalue weighted by molar-refractivity contribution is 5.90. The minimum absolute atomic E-state index is 0.0830. The number of amides is 1. The molecule has 0 saturated carbocycles. The van der Waals surface area contributed by atoms with Crippen molar-refractivity contribution < 1.29 is 9.53 Å². The average molecular weight is 550 g/mol. The van der Waals surface area contributed by atoms with Gasteiger partial charge in [0.1, 0.15) is 6.10 Å². The first-order valence-electron chi connectivity index (χ1n) is 15.2. The van der Waals surface area contributed by atoms with Crippen molar-refractivity contribution in [3.8, 4) is 6.01 Å². The Balaban J connectivity index is 1.33. The number of fused-ring (bicyclic) bond motifs is 1. The molecule has 218 valence electrons. The lowest BCUT2D eigenvalue weighted by atomic mass is 10.1. The molecule has 1 saturated heterocycles. The van der Waals surface area contributed by atoms with Crippen LogP contribution in [0.3, 0.4) is 0 Å². The van der Waals surface area contributed by atoms with E-state index in [1.807, 2.05) is 30.5 Å². The predicted octanol–water partition coefficient (Wildman–Crippen LogP) is 6.41. The standard InChI is InChI=1S/C31H47N7O2/c1-5-6-7-8-9-10-11-12-28(39)34-25-15-13-24(14-16-25)21-32-30-36-31(40-26-17-19-37(4)20-18-26)35-29-27(23(2)3)22-33-38(29)30/h13-16,22-23,26H,5-12,17-21H2,1-4H3,(H,34,39)(H,32,35,36). The molecule has 3 aromatic rings. The number of nitrogens with one attached hydrogen (secondary N) is 2. The summed E-state index contributed by atoms with van der Waals surface area (Å²) in [7, 11) is 2.14. The molecule has 1 fully saturated rings. The fraction of sp³-hybridized carbons (Fsp3) is 0.613. The van der Waals surface area contributed by atoms with Crippen LogP contribution in [-0.2, 0) is 11.3 Å². The van der Waals surface area contributed by atoms with E-state index in [0.717, 1.165) is 61.2 Å². The van der Waals surface area contributed by atoms with Gasteiger partial charge in [-0.15, -0.1) is 0 Å². The molecule has 9 nitrogen and oxygen atoms in total. The van der Waals surface area contributed by atoms with E-state index in [-0.39, 0.29) is 17.9 Å².